The Kier molecular flexibility index (Phi) is 2.60. The van der Waals surface area contributed by atoms with E-state index in [9.17, 15) is 5.11 Å². The van der Waals surface area contributed by atoms with Gasteiger partial charge in [0.2, 0.25) is 0 Å². The first kappa shape index (κ1) is 11.0. The number of phenolic OH excluding ortho intramolecular Hbond substituents is 1. The lowest BCUT2D eigenvalue weighted by Gasteiger charge is -2.27. The second-order valence-electron chi connectivity index (χ2n) is 4.56. The molecule has 84 valence electrons. The van der Waals surface area contributed by atoms with Crippen LogP contribution in [0.1, 0.15) is 19.4 Å². The van der Waals surface area contributed by atoms with Crippen molar-refractivity contribution < 1.29 is 5.11 Å². The smallest absolute Gasteiger partial charge is 0.121 e. The van der Waals surface area contributed by atoms with Crippen LogP contribution in [0.2, 0.25) is 0 Å². The van der Waals surface area contributed by atoms with Gasteiger partial charge in [-0.05, 0) is 37.7 Å². The standard InChI is InChI=1S/C14H17NO/c1-14(2,15-3)13-11-7-5-4-6-10(11)8-9-12(13)16/h4-9,15-16H,1-3H3. The van der Waals surface area contributed by atoms with Gasteiger partial charge < -0.3 is 10.4 Å². The maximum Gasteiger partial charge on any atom is 0.121 e. The van der Waals surface area contributed by atoms with E-state index < -0.39 is 0 Å². The van der Waals surface area contributed by atoms with Gasteiger partial charge in [-0.2, -0.15) is 0 Å². The van der Waals surface area contributed by atoms with E-state index >= 15 is 0 Å². The van der Waals surface area contributed by atoms with Crippen LogP contribution in [-0.4, -0.2) is 12.2 Å². The van der Waals surface area contributed by atoms with Gasteiger partial charge in [-0.25, -0.2) is 0 Å². The van der Waals surface area contributed by atoms with Gasteiger partial charge in [0.25, 0.3) is 0 Å². The summed E-state index contributed by atoms with van der Waals surface area (Å²) in [5.41, 5.74) is 0.707. The number of rotatable bonds is 2. The molecule has 0 fully saturated rings. The van der Waals surface area contributed by atoms with E-state index in [4.69, 9.17) is 0 Å². The lowest BCUT2D eigenvalue weighted by molar-refractivity contribution is 0.405. The molecule has 0 unspecified atom stereocenters. The molecule has 0 spiro atoms. The highest BCUT2D eigenvalue weighted by molar-refractivity contribution is 5.88. The lowest BCUT2D eigenvalue weighted by atomic mass is 9.89. The summed E-state index contributed by atoms with van der Waals surface area (Å²) in [7, 11) is 1.90. The van der Waals surface area contributed by atoms with Crippen LogP contribution in [0.5, 0.6) is 5.75 Å². The molecule has 16 heavy (non-hydrogen) atoms. The van der Waals surface area contributed by atoms with Crippen LogP contribution in [0.3, 0.4) is 0 Å². The number of nitrogens with one attached hydrogen (secondary N) is 1. The Balaban J connectivity index is 2.81. The molecule has 2 aromatic carbocycles. The first-order valence-corrected chi connectivity index (χ1v) is 5.46. The fourth-order valence-corrected chi connectivity index (χ4v) is 2.04. The summed E-state index contributed by atoms with van der Waals surface area (Å²) < 4.78 is 0. The van der Waals surface area contributed by atoms with E-state index in [-0.39, 0.29) is 5.54 Å². The number of aromatic hydroxyl groups is 1. The molecule has 2 heteroatoms. The lowest BCUT2D eigenvalue weighted by Crippen LogP contribution is -2.33. The Morgan fingerprint density at radius 3 is 2.44 bits per heavy atom. The first-order chi connectivity index (χ1) is 7.56. The molecular formula is C14H17NO. The molecule has 2 aromatic rings. The molecule has 0 heterocycles. The third-order valence-corrected chi connectivity index (χ3v) is 3.16. The SMILES string of the molecule is CNC(C)(C)c1c(O)ccc2ccccc12. The molecule has 0 aliphatic carbocycles. The molecule has 0 saturated heterocycles. The quantitative estimate of drug-likeness (QED) is 0.807. The van der Waals surface area contributed by atoms with Crippen LogP contribution < -0.4 is 5.32 Å². The van der Waals surface area contributed by atoms with E-state index in [1.54, 1.807) is 6.07 Å². The predicted octanol–water partition coefficient (Wildman–Crippen LogP) is 3.00. The molecule has 2 nitrogen and oxygen atoms in total. The molecule has 0 atom stereocenters. The van der Waals surface area contributed by atoms with Gasteiger partial charge >= 0.3 is 0 Å². The summed E-state index contributed by atoms with van der Waals surface area (Å²) in [4.78, 5) is 0. The summed E-state index contributed by atoms with van der Waals surface area (Å²) in [5, 5.41) is 15.5. The van der Waals surface area contributed by atoms with Crippen molar-refractivity contribution in [2.45, 2.75) is 19.4 Å². The molecule has 2 N–H and O–H groups in total. The minimum absolute atomic E-state index is 0.245. The van der Waals surface area contributed by atoms with Gasteiger partial charge in [0, 0.05) is 11.1 Å². The number of hydrogen-bond acceptors (Lipinski definition) is 2. The molecule has 0 aliphatic heterocycles. The Morgan fingerprint density at radius 2 is 1.75 bits per heavy atom. The third-order valence-electron chi connectivity index (χ3n) is 3.16. The van der Waals surface area contributed by atoms with E-state index in [0.717, 1.165) is 16.3 Å². The maximum absolute atomic E-state index is 10.0. The average molecular weight is 215 g/mol. The molecule has 2 rings (SSSR count). The zero-order chi connectivity index (χ0) is 11.8. The van der Waals surface area contributed by atoms with Crippen molar-refractivity contribution >= 4 is 10.8 Å². The molecular weight excluding hydrogens is 198 g/mol. The number of benzene rings is 2. The monoisotopic (exact) mass is 215 g/mol. The van der Waals surface area contributed by atoms with Gasteiger partial charge in [0.1, 0.15) is 5.75 Å². The van der Waals surface area contributed by atoms with E-state index in [0.29, 0.717) is 5.75 Å². The molecule has 0 amide bonds. The van der Waals surface area contributed by atoms with Crippen molar-refractivity contribution in [2.75, 3.05) is 7.05 Å². The van der Waals surface area contributed by atoms with Crippen molar-refractivity contribution in [1.82, 2.24) is 5.32 Å². The molecule has 0 saturated carbocycles. The highest BCUT2D eigenvalue weighted by atomic mass is 16.3. The predicted molar refractivity (Wildman–Crippen MR) is 67.7 cm³/mol. The van der Waals surface area contributed by atoms with Gasteiger partial charge in [-0.3, -0.25) is 0 Å². The topological polar surface area (TPSA) is 32.3 Å². The van der Waals surface area contributed by atoms with Crippen LogP contribution >= 0.6 is 0 Å². The summed E-state index contributed by atoms with van der Waals surface area (Å²) in [6.07, 6.45) is 0. The Labute approximate surface area is 95.9 Å². The largest absolute Gasteiger partial charge is 0.508 e. The third kappa shape index (κ3) is 1.65. The molecule has 0 aromatic heterocycles. The molecule has 0 bridgehead atoms. The van der Waals surface area contributed by atoms with Gasteiger partial charge in [-0.15, -0.1) is 0 Å². The molecule has 0 radical (unpaired) electrons. The maximum atomic E-state index is 10.0. The fraction of sp³-hybridized carbons (Fsp3) is 0.286. The van der Waals surface area contributed by atoms with Gasteiger partial charge in [0.15, 0.2) is 0 Å². The average Bonchev–Trinajstić information content (AvgIpc) is 2.28. The van der Waals surface area contributed by atoms with Crippen molar-refractivity contribution in [1.29, 1.82) is 0 Å². The second-order valence-corrected chi connectivity index (χ2v) is 4.56. The summed E-state index contributed by atoms with van der Waals surface area (Å²) >= 11 is 0. The Morgan fingerprint density at radius 1 is 1.06 bits per heavy atom. The zero-order valence-electron chi connectivity index (χ0n) is 9.91. The van der Waals surface area contributed by atoms with Crippen LogP contribution in [0.15, 0.2) is 36.4 Å². The zero-order valence-corrected chi connectivity index (χ0v) is 9.91. The number of phenols is 1. The van der Waals surface area contributed by atoms with Crippen LogP contribution in [0.25, 0.3) is 10.8 Å². The van der Waals surface area contributed by atoms with Crippen molar-refractivity contribution in [3.8, 4) is 5.75 Å². The number of hydrogen-bond donors (Lipinski definition) is 2. The summed E-state index contributed by atoms with van der Waals surface area (Å²) in [6, 6.07) is 11.8. The Bertz CT molecular complexity index is 517. The highest BCUT2D eigenvalue weighted by Gasteiger charge is 2.23. The number of fused-ring (bicyclic) bond motifs is 1. The minimum atomic E-state index is -0.245. The van der Waals surface area contributed by atoms with Crippen molar-refractivity contribution in [2.24, 2.45) is 0 Å². The van der Waals surface area contributed by atoms with E-state index in [1.165, 1.54) is 0 Å². The fourth-order valence-electron chi connectivity index (χ4n) is 2.04. The van der Waals surface area contributed by atoms with E-state index in [2.05, 4.69) is 25.2 Å². The normalized spacial score (nSPS) is 11.9. The van der Waals surface area contributed by atoms with Crippen LogP contribution in [0, 0.1) is 0 Å². The van der Waals surface area contributed by atoms with Crippen molar-refractivity contribution in [3.05, 3.63) is 42.0 Å². The van der Waals surface area contributed by atoms with Crippen LogP contribution in [-0.2, 0) is 5.54 Å². The first-order valence-electron chi connectivity index (χ1n) is 5.46. The van der Waals surface area contributed by atoms with Gasteiger partial charge in [-0.1, -0.05) is 30.3 Å². The highest BCUT2D eigenvalue weighted by Crippen LogP contribution is 2.35. The summed E-state index contributed by atoms with van der Waals surface area (Å²) in [5.74, 6) is 0.345. The van der Waals surface area contributed by atoms with E-state index in [1.807, 2.05) is 31.3 Å². The second kappa shape index (κ2) is 3.80. The van der Waals surface area contributed by atoms with Crippen LogP contribution in [0.4, 0.5) is 0 Å². The Hall–Kier alpha value is -1.54. The molecule has 0 aliphatic rings. The van der Waals surface area contributed by atoms with Crippen molar-refractivity contribution in [3.63, 3.8) is 0 Å². The van der Waals surface area contributed by atoms with Gasteiger partial charge in [0.05, 0.1) is 0 Å². The minimum Gasteiger partial charge on any atom is -0.508 e. The summed E-state index contributed by atoms with van der Waals surface area (Å²) in [6.45, 7) is 4.13.